The van der Waals surface area contributed by atoms with E-state index < -0.39 is 58.8 Å². The van der Waals surface area contributed by atoms with Crippen LogP contribution in [0.15, 0.2) is 121 Å². The van der Waals surface area contributed by atoms with Crippen molar-refractivity contribution in [2.75, 3.05) is 13.2 Å². The second-order valence-corrected chi connectivity index (χ2v) is 75.5. The van der Waals surface area contributed by atoms with Crippen LogP contribution in [0.5, 0.6) is 0 Å². The van der Waals surface area contributed by atoms with E-state index >= 15 is 0 Å². The number of nitrogens with two attached hydrogens (primary N) is 2. The fourth-order valence-corrected chi connectivity index (χ4v) is 10.2. The van der Waals surface area contributed by atoms with Gasteiger partial charge < -0.3 is 41.0 Å². The molecule has 0 fully saturated rings. The third kappa shape index (κ3) is 25.4. The molecule has 0 aliphatic heterocycles. The third-order valence-electron chi connectivity index (χ3n) is 14.6. The number of hydrogen-bond donors (Lipinski definition) is 5. The molecule has 7 N–H and O–H groups in total. The first kappa shape index (κ1) is 76.7. The van der Waals surface area contributed by atoms with Crippen molar-refractivity contribution in [2.45, 2.75) is 152 Å². The summed E-state index contributed by atoms with van der Waals surface area (Å²) in [6.07, 6.45) is 0.974. The molecule has 14 nitrogen and oxygen atoms in total. The molecule has 0 spiro atoms. The molecule has 7 rings (SSSR count). The fourth-order valence-electron chi connectivity index (χ4n) is 9.85. The summed E-state index contributed by atoms with van der Waals surface area (Å²) in [7, 11) is -0.353. The van der Waals surface area contributed by atoms with Crippen LogP contribution in [0.4, 0.5) is 0 Å². The number of benzene rings is 5. The van der Waals surface area contributed by atoms with Gasteiger partial charge in [-0.15, -0.1) is 0 Å². The first-order chi connectivity index (χ1) is 39.9. The van der Waals surface area contributed by atoms with Gasteiger partial charge >= 0.3 is 93.6 Å². The number of halogens is 5. The number of amides is 1. The van der Waals surface area contributed by atoms with Gasteiger partial charge in [-0.3, -0.25) is 28.8 Å². The van der Waals surface area contributed by atoms with E-state index in [0.717, 1.165) is 16.7 Å². The molecular weight excluding hydrogens is 1660 g/mol. The molecule has 2 aliphatic carbocycles. The number of aliphatic hydroxyl groups is 1. The first-order valence-corrected chi connectivity index (χ1v) is 48.3. The molecule has 19 heteroatoms. The van der Waals surface area contributed by atoms with Gasteiger partial charge in [0.15, 0.2) is 0 Å². The number of aliphatic hydroxyl groups excluding tert-OH is 1. The average molecular weight is 1750 g/mol. The van der Waals surface area contributed by atoms with Crippen LogP contribution in [-0.4, -0.2) is 82.0 Å². The van der Waals surface area contributed by atoms with Gasteiger partial charge in [0.2, 0.25) is 5.91 Å². The van der Waals surface area contributed by atoms with E-state index in [1.807, 2.05) is 142 Å². The Bertz CT molecular complexity index is 2800. The summed E-state index contributed by atoms with van der Waals surface area (Å²) >= 11 is 9.68. The summed E-state index contributed by atoms with van der Waals surface area (Å²) in [4.78, 5) is 70.0. The summed E-state index contributed by atoms with van der Waals surface area (Å²) < 4.78 is 17.6. The van der Waals surface area contributed by atoms with Crippen molar-refractivity contribution in [1.82, 2.24) is 0 Å². The van der Waals surface area contributed by atoms with Crippen LogP contribution < -0.4 is 11.5 Å². The van der Waals surface area contributed by atoms with Crippen molar-refractivity contribution < 1.29 is 58.3 Å². The topological polar surface area (TPSA) is 243 Å². The van der Waals surface area contributed by atoms with Gasteiger partial charge in [0.25, 0.3) is 0 Å². The molecule has 0 bridgehead atoms. The number of carbonyl (C=O) groups excluding carboxylic acids is 4. The molecule has 0 heterocycles. The van der Waals surface area contributed by atoms with E-state index in [0.29, 0.717) is 12.8 Å². The Morgan fingerprint density at radius 3 is 1.16 bits per heavy atom. The van der Waals surface area contributed by atoms with Crippen molar-refractivity contribution in [2.24, 2.45) is 45.5 Å². The van der Waals surface area contributed by atoms with Gasteiger partial charge in [-0.2, -0.15) is 0 Å². The van der Waals surface area contributed by atoms with Crippen LogP contribution in [-0.2, 0) is 49.4 Å². The van der Waals surface area contributed by atoms with Gasteiger partial charge in [-0.05, 0) is 141 Å². The minimum atomic E-state index is -0.967. The van der Waals surface area contributed by atoms with E-state index in [9.17, 15) is 39.0 Å². The number of hydrogen-bond acceptors (Lipinski definition) is 11. The van der Waals surface area contributed by atoms with Crippen LogP contribution in [0.1, 0.15) is 155 Å². The van der Waals surface area contributed by atoms with Crippen LogP contribution >= 0.6 is 86.3 Å². The molecule has 0 saturated carbocycles. The number of carbonyl (C=O) groups is 6. The monoisotopic (exact) mass is 1750 g/mol. The van der Waals surface area contributed by atoms with Crippen molar-refractivity contribution >= 4 is 122 Å². The minimum absolute atomic E-state index is 0.00878. The molecule has 2 aliphatic rings. The number of rotatable bonds is 17. The molecule has 5 atom stereocenters. The van der Waals surface area contributed by atoms with Gasteiger partial charge in [-0.1, -0.05) is 178 Å². The van der Waals surface area contributed by atoms with Crippen molar-refractivity contribution in [3.8, 4) is 22.3 Å². The molecule has 86 heavy (non-hydrogen) atoms. The zero-order valence-corrected chi connectivity index (χ0v) is 62.4. The zero-order chi connectivity index (χ0) is 65.1. The maximum absolute atomic E-state index is 12.4. The third-order valence-corrected chi connectivity index (χ3v) is 15.4. The Morgan fingerprint density at radius 2 is 0.884 bits per heavy atom. The number of carboxylic acids is 2. The van der Waals surface area contributed by atoms with Crippen LogP contribution in [0.3, 0.4) is 0 Å². The van der Waals surface area contributed by atoms with Gasteiger partial charge in [0, 0.05) is 15.4 Å². The summed E-state index contributed by atoms with van der Waals surface area (Å²) in [5, 5.41) is 28.0. The van der Waals surface area contributed by atoms with Crippen molar-refractivity contribution in [1.29, 1.82) is 0 Å². The molecule has 472 valence electrons. The Hall–Kier alpha value is -3.51. The van der Waals surface area contributed by atoms with E-state index in [1.54, 1.807) is 20.8 Å². The fraction of sp³-hybridized carbons (Fsp3) is 0.463. The Morgan fingerprint density at radius 1 is 0.535 bits per heavy atom. The molecule has 0 saturated heterocycles. The first-order valence-electron chi connectivity index (χ1n) is 28.4. The van der Waals surface area contributed by atoms with E-state index in [2.05, 4.69) is 127 Å². The molecule has 0 radical (unpaired) electrons. The molecule has 5 aromatic carbocycles. The summed E-state index contributed by atoms with van der Waals surface area (Å²) in [5.41, 5.74) is 19.5. The molecular formula is C67H87I5N2O12. The normalized spacial score (nSPS) is 14.4. The standard InChI is InChI=1S/C22H25NO3.C22H24O4.C17H25IO3.C6H13NO2.I4/c1-22(2,3)19(21(23)25)12-20(24)26-13-18-16-10-6-4-8-14(16)15-9-5-7-11-17(15)18;1-22(2,3)19(21(24)25)12-20(23)26-13-18-16-10-6-4-8-14(16)15-9-5-7-11-17(15)18;1-5-15(19)13(11-16(20)21-17(2,3)4)10-12-6-8-14(18)9-7-12;1-6(2,3)4(7)5(8)9;1-4(2)3/h4-11,18-19H,12-13H2,1-3H3,(H2,23,25);4-11,18-19H,12-13H2,1-3H3,(H,24,25);6-9,13,15,19H,5,10-11H2,1-4H3;4H,7H2,1-3H3,(H,8,9);/t2*19-;13-,15+;4-;/m1111./s1. The predicted octanol–water partition coefficient (Wildman–Crippen LogP) is 16.3. The SMILES string of the molecule is CC(C)(C)[C@H](CC(=O)OCC1c2ccccc2-c2ccccc21)C(=O)O.CC(C)(C)[C@H](CC(=O)OCC1c2ccccc2-c2ccccc21)C(N)=O.CC(C)(C)[C@H](N)C(=O)O.CC[C@H](O)[C@@H](CC(=O)OC(C)(C)C)Cc1ccc(I)cc1.II(I)I. The summed E-state index contributed by atoms with van der Waals surface area (Å²) in [6, 6.07) is 40.1. The number of ether oxygens (including phenoxy) is 3. The summed E-state index contributed by atoms with van der Waals surface area (Å²) in [5.74, 6) is -4.87. The average Bonchev–Trinajstić information content (AvgIpc) is 2.21. The maximum atomic E-state index is 12.4. The van der Waals surface area contributed by atoms with Crippen LogP contribution in [0.2, 0.25) is 0 Å². The quantitative estimate of drug-likeness (QED) is 0.0331. The van der Waals surface area contributed by atoms with E-state index in [4.69, 9.17) is 30.8 Å². The van der Waals surface area contributed by atoms with Gasteiger partial charge in [-0.25, -0.2) is 0 Å². The van der Waals surface area contributed by atoms with Crippen LogP contribution in [0.25, 0.3) is 22.3 Å². The molecule has 5 aromatic rings. The predicted molar refractivity (Wildman–Crippen MR) is 386 cm³/mol. The van der Waals surface area contributed by atoms with Crippen LogP contribution in [0, 0.1) is 37.6 Å². The zero-order valence-electron chi connectivity index (χ0n) is 51.6. The summed E-state index contributed by atoms with van der Waals surface area (Å²) in [6.45, 7) is 24.6. The Kier molecular flexibility index (Phi) is 31.4. The number of esters is 3. The Labute approximate surface area is 559 Å². The second-order valence-electron chi connectivity index (χ2n) is 25.5. The van der Waals surface area contributed by atoms with Crippen molar-refractivity contribution in [3.05, 3.63) is 153 Å². The van der Waals surface area contributed by atoms with E-state index in [-0.39, 0.29) is 80.9 Å². The second kappa shape index (κ2) is 35.2. The van der Waals surface area contributed by atoms with Crippen molar-refractivity contribution in [3.63, 3.8) is 0 Å². The van der Waals surface area contributed by atoms with Gasteiger partial charge in [0.1, 0.15) is 24.9 Å². The number of primary amides is 1. The molecule has 1 amide bonds. The number of aliphatic carboxylic acids is 2. The van der Waals surface area contributed by atoms with E-state index in [1.165, 1.54) is 37.0 Å². The number of carboxylic acid groups (broad SMARTS) is 2. The molecule has 0 unspecified atom stereocenters. The number of fused-ring (bicyclic) bond motifs is 6. The van der Waals surface area contributed by atoms with Gasteiger partial charge in [0.05, 0.1) is 37.2 Å². The Balaban J connectivity index is 0.000000307. The molecule has 0 aromatic heterocycles.